The molecular weight excluding hydrogens is 500 g/mol. The van der Waals surface area contributed by atoms with Crippen LogP contribution < -0.4 is 18.9 Å². The lowest BCUT2D eigenvalue weighted by atomic mass is 9.94. The van der Waals surface area contributed by atoms with Crippen molar-refractivity contribution < 1.29 is 33.6 Å². The van der Waals surface area contributed by atoms with E-state index in [1.54, 1.807) is 48.8 Å². The number of ether oxygens (including phenoxy) is 4. The molecule has 1 amide bonds. The maximum atomic E-state index is 13.5. The van der Waals surface area contributed by atoms with Crippen molar-refractivity contribution in [1.29, 1.82) is 0 Å². The fourth-order valence-corrected chi connectivity index (χ4v) is 4.68. The van der Waals surface area contributed by atoms with E-state index in [1.807, 2.05) is 26.8 Å². The van der Waals surface area contributed by atoms with Gasteiger partial charge in [0.1, 0.15) is 11.5 Å². The third-order valence-electron chi connectivity index (χ3n) is 6.43. The highest BCUT2D eigenvalue weighted by atomic mass is 16.5. The molecule has 9 nitrogen and oxygen atoms in total. The lowest BCUT2D eigenvalue weighted by Gasteiger charge is -2.26. The van der Waals surface area contributed by atoms with Crippen LogP contribution in [0.15, 0.2) is 60.4 Å². The number of hydrogen-bond acceptors (Lipinski definition) is 8. The van der Waals surface area contributed by atoms with Gasteiger partial charge >= 0.3 is 0 Å². The first kappa shape index (κ1) is 27.5. The number of pyridine rings is 1. The van der Waals surface area contributed by atoms with Gasteiger partial charge in [0.15, 0.2) is 11.5 Å². The summed E-state index contributed by atoms with van der Waals surface area (Å²) in [6.07, 6.45) is 3.23. The minimum absolute atomic E-state index is 0.0269. The molecule has 0 aliphatic carbocycles. The van der Waals surface area contributed by atoms with Gasteiger partial charge in [-0.1, -0.05) is 6.07 Å². The van der Waals surface area contributed by atoms with Crippen molar-refractivity contribution in [2.75, 3.05) is 21.3 Å². The van der Waals surface area contributed by atoms with Crippen LogP contribution in [-0.4, -0.2) is 54.1 Å². The van der Waals surface area contributed by atoms with E-state index >= 15 is 0 Å². The van der Waals surface area contributed by atoms with Gasteiger partial charge in [-0.3, -0.25) is 14.6 Å². The number of ketones is 1. The number of amides is 1. The van der Waals surface area contributed by atoms with Gasteiger partial charge < -0.3 is 29.0 Å². The Bertz CT molecular complexity index is 1390. The Labute approximate surface area is 227 Å². The molecule has 0 bridgehead atoms. The number of likely N-dealkylation sites (tertiary alicyclic amines) is 1. The standard InChI is InChI=1S/C30H32N2O7/c1-17(2)39-22-10-9-20(12-18(22)3)27(33)25-26(21-13-23(36-4)29(38-6)24(14-21)37-5)32(30(35)28(25)34)16-19-8-7-11-31-15-19/h7-15,17,26,33H,16H2,1-6H3/b27-25+/t26-/m1/s1. The number of hydrogen-bond donors (Lipinski definition) is 1. The zero-order valence-electron chi connectivity index (χ0n) is 22.8. The lowest BCUT2D eigenvalue weighted by Crippen LogP contribution is -2.29. The number of Topliss-reactive ketones (excluding diaryl/α,β-unsaturated/α-hetero) is 1. The molecule has 0 saturated carbocycles. The van der Waals surface area contributed by atoms with Crippen LogP contribution in [0.3, 0.4) is 0 Å². The number of nitrogens with zero attached hydrogens (tertiary/aromatic N) is 2. The Hall–Kier alpha value is -4.53. The number of aliphatic hydroxyl groups is 1. The molecule has 1 aliphatic rings. The van der Waals surface area contributed by atoms with Crippen molar-refractivity contribution in [2.24, 2.45) is 0 Å². The monoisotopic (exact) mass is 532 g/mol. The second-order valence-corrected chi connectivity index (χ2v) is 9.39. The highest BCUT2D eigenvalue weighted by molar-refractivity contribution is 6.46. The number of benzene rings is 2. The number of aliphatic hydroxyl groups excluding tert-OH is 1. The van der Waals surface area contributed by atoms with Gasteiger partial charge in [0, 0.05) is 24.5 Å². The molecule has 204 valence electrons. The predicted molar refractivity (Wildman–Crippen MR) is 145 cm³/mol. The summed E-state index contributed by atoms with van der Waals surface area (Å²) in [6.45, 7) is 5.80. The second kappa shape index (κ2) is 11.5. The molecule has 4 rings (SSSR count). The van der Waals surface area contributed by atoms with Gasteiger partial charge in [0.25, 0.3) is 11.7 Å². The molecular formula is C30H32N2O7. The number of carbonyl (C=O) groups is 2. The third-order valence-corrected chi connectivity index (χ3v) is 6.43. The zero-order valence-corrected chi connectivity index (χ0v) is 22.8. The van der Waals surface area contributed by atoms with Crippen molar-refractivity contribution >= 4 is 17.4 Å². The molecule has 0 spiro atoms. The van der Waals surface area contributed by atoms with Gasteiger partial charge in [0.2, 0.25) is 5.75 Å². The zero-order chi connectivity index (χ0) is 28.3. The van der Waals surface area contributed by atoms with Crippen LogP contribution in [0.25, 0.3) is 5.76 Å². The van der Waals surface area contributed by atoms with E-state index in [4.69, 9.17) is 18.9 Å². The average Bonchev–Trinajstić information content (AvgIpc) is 3.18. The van der Waals surface area contributed by atoms with E-state index < -0.39 is 17.7 Å². The first-order chi connectivity index (χ1) is 18.7. The summed E-state index contributed by atoms with van der Waals surface area (Å²) < 4.78 is 22.3. The van der Waals surface area contributed by atoms with E-state index in [0.717, 1.165) is 11.1 Å². The van der Waals surface area contributed by atoms with Crippen LogP contribution in [0.4, 0.5) is 0 Å². The Kier molecular flexibility index (Phi) is 8.09. The molecule has 9 heteroatoms. The summed E-state index contributed by atoms with van der Waals surface area (Å²) in [5, 5.41) is 11.5. The van der Waals surface area contributed by atoms with Crippen molar-refractivity contribution in [2.45, 2.75) is 39.5 Å². The minimum Gasteiger partial charge on any atom is -0.507 e. The summed E-state index contributed by atoms with van der Waals surface area (Å²) >= 11 is 0. The molecule has 1 atom stereocenters. The number of methoxy groups -OCH3 is 3. The van der Waals surface area contributed by atoms with Gasteiger partial charge in [-0.05, 0) is 73.9 Å². The van der Waals surface area contributed by atoms with Crippen LogP contribution in [0.5, 0.6) is 23.0 Å². The molecule has 3 aromatic rings. The molecule has 39 heavy (non-hydrogen) atoms. The highest BCUT2D eigenvalue weighted by Crippen LogP contribution is 2.46. The molecule has 0 unspecified atom stereocenters. The molecule has 1 aliphatic heterocycles. The largest absolute Gasteiger partial charge is 0.507 e. The average molecular weight is 533 g/mol. The van der Waals surface area contributed by atoms with Crippen LogP contribution in [-0.2, 0) is 16.1 Å². The van der Waals surface area contributed by atoms with E-state index in [1.165, 1.54) is 26.2 Å². The van der Waals surface area contributed by atoms with Crippen LogP contribution in [0, 0.1) is 6.92 Å². The van der Waals surface area contributed by atoms with E-state index in [0.29, 0.717) is 34.1 Å². The van der Waals surface area contributed by atoms with Gasteiger partial charge in [-0.25, -0.2) is 0 Å². The van der Waals surface area contributed by atoms with Crippen LogP contribution in [0.2, 0.25) is 0 Å². The number of rotatable bonds is 9. The Morgan fingerprint density at radius 2 is 1.69 bits per heavy atom. The third kappa shape index (κ3) is 5.38. The van der Waals surface area contributed by atoms with Crippen LogP contribution in [0.1, 0.15) is 42.1 Å². The first-order valence-electron chi connectivity index (χ1n) is 12.4. The minimum atomic E-state index is -0.939. The maximum absolute atomic E-state index is 13.5. The van der Waals surface area contributed by atoms with E-state index in [-0.39, 0.29) is 24.0 Å². The summed E-state index contributed by atoms with van der Waals surface area (Å²) in [7, 11) is 4.46. The topological polar surface area (TPSA) is 107 Å². The molecule has 2 heterocycles. The number of carbonyl (C=O) groups excluding carboxylic acids is 2. The summed E-state index contributed by atoms with van der Waals surface area (Å²) in [6, 6.07) is 11.1. The SMILES string of the molecule is COc1cc([C@@H]2/C(=C(\O)c3ccc(OC(C)C)c(C)c3)C(=O)C(=O)N2Cc2cccnc2)cc(OC)c1OC. The second-order valence-electron chi connectivity index (χ2n) is 9.39. The lowest BCUT2D eigenvalue weighted by molar-refractivity contribution is -0.140. The van der Waals surface area contributed by atoms with E-state index in [9.17, 15) is 14.7 Å². The Balaban J connectivity index is 1.92. The summed E-state index contributed by atoms with van der Waals surface area (Å²) in [5.41, 5.74) is 2.35. The highest BCUT2D eigenvalue weighted by Gasteiger charge is 2.46. The Morgan fingerprint density at radius 3 is 2.23 bits per heavy atom. The van der Waals surface area contributed by atoms with Gasteiger partial charge in [-0.15, -0.1) is 0 Å². The van der Waals surface area contributed by atoms with Crippen molar-refractivity contribution in [3.63, 3.8) is 0 Å². The Morgan fingerprint density at radius 1 is 1.00 bits per heavy atom. The molecule has 1 aromatic heterocycles. The molecule has 1 fully saturated rings. The number of aromatic nitrogens is 1. The van der Waals surface area contributed by atoms with Crippen molar-refractivity contribution in [3.05, 3.63) is 82.7 Å². The van der Waals surface area contributed by atoms with E-state index in [2.05, 4.69) is 4.98 Å². The molecule has 0 radical (unpaired) electrons. The smallest absolute Gasteiger partial charge is 0.295 e. The maximum Gasteiger partial charge on any atom is 0.295 e. The summed E-state index contributed by atoms with van der Waals surface area (Å²) in [5.74, 6) is -0.0929. The fraction of sp³-hybridized carbons (Fsp3) is 0.300. The van der Waals surface area contributed by atoms with Gasteiger partial charge in [-0.2, -0.15) is 0 Å². The quantitative estimate of drug-likeness (QED) is 0.237. The van der Waals surface area contributed by atoms with Crippen LogP contribution >= 0.6 is 0 Å². The number of aryl methyl sites for hydroxylation is 1. The van der Waals surface area contributed by atoms with Crippen molar-refractivity contribution in [1.82, 2.24) is 9.88 Å². The fourth-order valence-electron chi connectivity index (χ4n) is 4.68. The summed E-state index contributed by atoms with van der Waals surface area (Å²) in [4.78, 5) is 32.5. The predicted octanol–water partition coefficient (Wildman–Crippen LogP) is 4.82. The first-order valence-corrected chi connectivity index (χ1v) is 12.4. The molecule has 1 N–H and O–H groups in total. The normalized spacial score (nSPS) is 16.5. The molecule has 2 aromatic carbocycles. The molecule has 1 saturated heterocycles. The van der Waals surface area contributed by atoms with Crippen molar-refractivity contribution in [3.8, 4) is 23.0 Å². The van der Waals surface area contributed by atoms with Gasteiger partial charge in [0.05, 0.1) is 39.0 Å².